The first-order valence-corrected chi connectivity index (χ1v) is 8.31. The highest BCUT2D eigenvalue weighted by molar-refractivity contribution is 6.53. The van der Waals surface area contributed by atoms with Gasteiger partial charge in [0.1, 0.15) is 4.33 Å². The number of fused-ring (bicyclic) bond motifs is 1. The van der Waals surface area contributed by atoms with Gasteiger partial charge in [-0.1, -0.05) is 0 Å². The molecule has 2 fully saturated rings. The smallest absolute Gasteiger partial charge is 0.251 e. The van der Waals surface area contributed by atoms with Crippen LogP contribution in [0.2, 0.25) is 0 Å². The van der Waals surface area contributed by atoms with Crippen LogP contribution in [0.3, 0.4) is 0 Å². The van der Waals surface area contributed by atoms with Crippen molar-refractivity contribution in [1.82, 2.24) is 0 Å². The van der Waals surface area contributed by atoms with Gasteiger partial charge in [0.2, 0.25) is 5.91 Å². The number of ether oxygens (including phenoxy) is 2. The fourth-order valence-corrected chi connectivity index (χ4v) is 3.91. The number of rotatable bonds is 2. The molecule has 1 amide bonds. The number of alkyl halides is 2. The Balaban J connectivity index is 1.51. The van der Waals surface area contributed by atoms with Crippen LogP contribution in [0.1, 0.15) is 39.0 Å². The molecule has 0 radical (unpaired) electrons. The van der Waals surface area contributed by atoms with Crippen molar-refractivity contribution in [2.75, 3.05) is 5.32 Å². The zero-order chi connectivity index (χ0) is 15.6. The lowest BCUT2D eigenvalue weighted by Gasteiger charge is -2.21. The molecule has 4 nitrogen and oxygen atoms in total. The Morgan fingerprint density at radius 3 is 2.45 bits per heavy atom. The number of carbonyl (C=O) groups is 1. The molecule has 4 rings (SSSR count). The maximum absolute atomic E-state index is 12.3. The minimum absolute atomic E-state index is 0.174. The van der Waals surface area contributed by atoms with E-state index in [4.69, 9.17) is 32.7 Å². The van der Waals surface area contributed by atoms with Crippen LogP contribution in [-0.4, -0.2) is 16.0 Å². The Bertz CT molecular complexity index is 655. The van der Waals surface area contributed by atoms with Crippen molar-refractivity contribution in [3.8, 4) is 11.5 Å². The lowest BCUT2D eigenvalue weighted by molar-refractivity contribution is -0.120. The van der Waals surface area contributed by atoms with Gasteiger partial charge in [0, 0.05) is 24.6 Å². The van der Waals surface area contributed by atoms with Crippen LogP contribution in [-0.2, 0) is 4.79 Å². The van der Waals surface area contributed by atoms with Crippen molar-refractivity contribution in [3.63, 3.8) is 0 Å². The van der Waals surface area contributed by atoms with Crippen molar-refractivity contribution in [3.05, 3.63) is 18.2 Å². The summed E-state index contributed by atoms with van der Waals surface area (Å²) in [5.41, 5.74) is -0.0706. The van der Waals surface area contributed by atoms with Crippen molar-refractivity contribution in [1.29, 1.82) is 0 Å². The fourth-order valence-electron chi connectivity index (χ4n) is 3.20. The van der Waals surface area contributed by atoms with Crippen molar-refractivity contribution < 1.29 is 14.3 Å². The third-order valence-corrected chi connectivity index (χ3v) is 6.02. The van der Waals surface area contributed by atoms with E-state index in [1.165, 1.54) is 0 Å². The Morgan fingerprint density at radius 1 is 1.18 bits per heavy atom. The summed E-state index contributed by atoms with van der Waals surface area (Å²) in [5, 5.41) is 2.87. The number of hydrogen-bond acceptors (Lipinski definition) is 3. The van der Waals surface area contributed by atoms with Gasteiger partial charge in [-0.3, -0.25) is 4.79 Å². The molecule has 118 valence electrons. The van der Waals surface area contributed by atoms with Gasteiger partial charge in [0.25, 0.3) is 5.79 Å². The predicted octanol–water partition coefficient (Wildman–Crippen LogP) is 4.25. The van der Waals surface area contributed by atoms with Gasteiger partial charge in [0.05, 0.1) is 5.41 Å². The molecule has 1 atom stereocenters. The first kappa shape index (κ1) is 14.5. The van der Waals surface area contributed by atoms with E-state index in [1.54, 1.807) is 13.0 Å². The largest absolute Gasteiger partial charge is 0.448 e. The molecule has 2 saturated carbocycles. The highest BCUT2D eigenvalue weighted by Gasteiger charge is 2.67. The number of amides is 1. The van der Waals surface area contributed by atoms with Gasteiger partial charge in [-0.25, -0.2) is 0 Å². The van der Waals surface area contributed by atoms with E-state index in [-0.39, 0.29) is 5.91 Å². The van der Waals surface area contributed by atoms with Gasteiger partial charge >= 0.3 is 0 Å². The van der Waals surface area contributed by atoms with Crippen molar-refractivity contribution >= 4 is 34.8 Å². The third kappa shape index (κ3) is 2.08. The maximum atomic E-state index is 12.3. The van der Waals surface area contributed by atoms with E-state index in [1.807, 2.05) is 12.1 Å². The van der Waals surface area contributed by atoms with Gasteiger partial charge in [0.15, 0.2) is 11.5 Å². The van der Waals surface area contributed by atoms with Crippen LogP contribution < -0.4 is 14.8 Å². The summed E-state index contributed by atoms with van der Waals surface area (Å²) in [4.78, 5) is 12.3. The van der Waals surface area contributed by atoms with Crippen molar-refractivity contribution in [2.24, 2.45) is 5.41 Å². The van der Waals surface area contributed by atoms with Gasteiger partial charge in [-0.15, -0.1) is 23.2 Å². The molecule has 1 aromatic carbocycles. The quantitative estimate of drug-likeness (QED) is 0.818. The van der Waals surface area contributed by atoms with Crippen LogP contribution in [0.4, 0.5) is 5.69 Å². The molecule has 0 saturated heterocycles. The first-order chi connectivity index (χ1) is 10.3. The highest BCUT2D eigenvalue weighted by Crippen LogP contribution is 2.64. The number of benzene rings is 1. The number of carbonyl (C=O) groups excluding carboxylic acids is 1. The van der Waals surface area contributed by atoms with E-state index in [9.17, 15) is 4.79 Å². The molecule has 1 unspecified atom stereocenters. The van der Waals surface area contributed by atoms with Crippen molar-refractivity contribution in [2.45, 2.75) is 49.1 Å². The molecule has 0 aromatic heterocycles. The second kappa shape index (κ2) is 4.45. The molecule has 1 aromatic rings. The number of nitrogens with one attached hydrogen (secondary N) is 1. The molecule has 1 spiro atoms. The van der Waals surface area contributed by atoms with Gasteiger partial charge < -0.3 is 14.8 Å². The SMILES string of the molecule is CC1(C(=O)Nc2ccc3c(c2)OC2(CCCC2)O3)CC1(Cl)Cl. The van der Waals surface area contributed by atoms with Crippen LogP contribution >= 0.6 is 23.2 Å². The van der Waals surface area contributed by atoms with Gasteiger partial charge in [-0.05, 0) is 38.3 Å². The Kier molecular flexibility index (Phi) is 2.93. The average Bonchev–Trinajstić information content (AvgIpc) is 2.85. The number of hydrogen-bond donors (Lipinski definition) is 1. The minimum atomic E-state index is -0.971. The average molecular weight is 342 g/mol. The molecule has 22 heavy (non-hydrogen) atoms. The first-order valence-electron chi connectivity index (χ1n) is 7.55. The molecule has 1 N–H and O–H groups in total. The lowest BCUT2D eigenvalue weighted by atomic mass is 10.1. The summed E-state index contributed by atoms with van der Waals surface area (Å²) >= 11 is 12.1. The lowest BCUT2D eigenvalue weighted by Crippen LogP contribution is -2.34. The van der Waals surface area contributed by atoms with E-state index < -0.39 is 15.5 Å². The Morgan fingerprint density at radius 2 is 1.82 bits per heavy atom. The molecule has 3 aliphatic rings. The fraction of sp³-hybridized carbons (Fsp3) is 0.562. The van der Waals surface area contributed by atoms with Crippen LogP contribution in [0.5, 0.6) is 11.5 Å². The standard InChI is InChI=1S/C16H17Cl2NO3/c1-14(9-16(14,17)18)13(20)19-10-4-5-11-12(8-10)22-15(21-11)6-2-3-7-15/h4-5,8H,2-3,6-7,9H2,1H3,(H,19,20). The third-order valence-electron chi connectivity index (χ3n) is 4.92. The van der Waals surface area contributed by atoms with Crippen LogP contribution in [0, 0.1) is 5.41 Å². The van der Waals surface area contributed by atoms with E-state index in [2.05, 4.69) is 5.32 Å². The molecular weight excluding hydrogens is 325 g/mol. The summed E-state index contributed by atoms with van der Waals surface area (Å²) in [6.45, 7) is 1.77. The highest BCUT2D eigenvalue weighted by atomic mass is 35.5. The molecule has 2 aliphatic carbocycles. The normalized spacial score (nSPS) is 29.6. The summed E-state index contributed by atoms with van der Waals surface area (Å²) in [5.74, 6) is 0.756. The summed E-state index contributed by atoms with van der Waals surface area (Å²) < 4.78 is 11.0. The second-order valence-corrected chi connectivity index (χ2v) is 8.13. The Hall–Kier alpha value is -1.13. The Labute approximate surface area is 139 Å². The zero-order valence-electron chi connectivity index (χ0n) is 12.2. The number of anilines is 1. The topological polar surface area (TPSA) is 47.6 Å². The summed E-state index contributed by atoms with van der Waals surface area (Å²) in [6, 6.07) is 5.45. The van der Waals surface area contributed by atoms with Crippen LogP contribution in [0.15, 0.2) is 18.2 Å². The molecule has 1 heterocycles. The molecule has 1 aliphatic heterocycles. The summed E-state index contributed by atoms with van der Waals surface area (Å²) in [6.07, 6.45) is 4.50. The second-order valence-electron chi connectivity index (χ2n) is 6.65. The minimum Gasteiger partial charge on any atom is -0.448 e. The monoisotopic (exact) mass is 341 g/mol. The zero-order valence-corrected chi connectivity index (χ0v) is 13.8. The van der Waals surface area contributed by atoms with E-state index in [0.29, 0.717) is 17.9 Å². The predicted molar refractivity (Wildman–Crippen MR) is 84.7 cm³/mol. The van der Waals surface area contributed by atoms with E-state index in [0.717, 1.165) is 31.4 Å². The number of halogens is 2. The molecule has 6 heteroatoms. The molecule has 0 bridgehead atoms. The maximum Gasteiger partial charge on any atom is 0.251 e. The molecular formula is C16H17Cl2NO3. The van der Waals surface area contributed by atoms with Gasteiger partial charge in [-0.2, -0.15) is 0 Å². The van der Waals surface area contributed by atoms with Crippen LogP contribution in [0.25, 0.3) is 0 Å². The van der Waals surface area contributed by atoms with E-state index >= 15 is 0 Å². The summed E-state index contributed by atoms with van der Waals surface area (Å²) in [7, 11) is 0.